The molecule has 1 heterocycles. The lowest BCUT2D eigenvalue weighted by molar-refractivity contribution is -0.136. The number of aromatic nitrogens is 1. The molecule has 0 atom stereocenters. The molecular weight excluding hydrogens is 276 g/mol. The lowest BCUT2D eigenvalue weighted by Crippen LogP contribution is -2.05. The van der Waals surface area contributed by atoms with E-state index in [4.69, 9.17) is 9.84 Å². The number of thiazole rings is 1. The highest BCUT2D eigenvalue weighted by molar-refractivity contribution is 7.13. The van der Waals surface area contributed by atoms with E-state index in [-0.39, 0.29) is 6.42 Å². The number of hydrogen-bond acceptors (Lipinski definition) is 5. The van der Waals surface area contributed by atoms with Gasteiger partial charge in [-0.15, -0.1) is 11.3 Å². The Bertz CT molecular complexity index is 583. The molecule has 0 saturated heterocycles. The molecule has 0 spiro atoms. The lowest BCUT2D eigenvalue weighted by atomic mass is 10.1. The van der Waals surface area contributed by atoms with E-state index < -0.39 is 5.97 Å². The zero-order valence-electron chi connectivity index (χ0n) is 11.1. The Labute approximate surface area is 121 Å². The first-order valence-electron chi connectivity index (χ1n) is 6.20. The van der Waals surface area contributed by atoms with Crippen LogP contribution in [-0.2, 0) is 17.6 Å². The largest absolute Gasteiger partial charge is 0.497 e. The van der Waals surface area contributed by atoms with Gasteiger partial charge in [0, 0.05) is 11.9 Å². The second-order valence-electron chi connectivity index (χ2n) is 4.24. The highest BCUT2D eigenvalue weighted by Crippen LogP contribution is 2.17. The number of nitrogens with one attached hydrogen (secondary N) is 1. The molecule has 1 aromatic heterocycles. The van der Waals surface area contributed by atoms with Crippen LogP contribution in [0.25, 0.3) is 0 Å². The molecule has 2 N–H and O–H groups in total. The van der Waals surface area contributed by atoms with Crippen LogP contribution in [0, 0.1) is 0 Å². The number of ether oxygens (including phenoxy) is 1. The van der Waals surface area contributed by atoms with Crippen LogP contribution in [0.2, 0.25) is 0 Å². The van der Waals surface area contributed by atoms with E-state index in [0.29, 0.717) is 5.69 Å². The molecule has 0 saturated carbocycles. The molecule has 0 unspecified atom stereocenters. The van der Waals surface area contributed by atoms with Crippen molar-refractivity contribution in [2.24, 2.45) is 0 Å². The Hall–Kier alpha value is -2.08. The van der Waals surface area contributed by atoms with E-state index in [1.54, 1.807) is 12.5 Å². The number of anilines is 1. The first kappa shape index (κ1) is 14.3. The van der Waals surface area contributed by atoms with E-state index in [9.17, 15) is 4.79 Å². The second kappa shape index (κ2) is 6.91. The van der Waals surface area contributed by atoms with Gasteiger partial charge in [-0.2, -0.15) is 0 Å². The average molecular weight is 292 g/mol. The third kappa shape index (κ3) is 4.24. The van der Waals surface area contributed by atoms with E-state index in [1.807, 2.05) is 24.3 Å². The number of carbonyl (C=O) groups is 1. The van der Waals surface area contributed by atoms with Crippen molar-refractivity contribution in [1.29, 1.82) is 0 Å². The third-order valence-corrected chi connectivity index (χ3v) is 3.56. The zero-order valence-corrected chi connectivity index (χ0v) is 11.9. The number of rotatable bonds is 7. The Balaban J connectivity index is 1.83. The molecular formula is C14H16N2O3S. The van der Waals surface area contributed by atoms with Crippen molar-refractivity contribution in [2.75, 3.05) is 19.0 Å². The van der Waals surface area contributed by atoms with Crippen LogP contribution in [0.3, 0.4) is 0 Å². The van der Waals surface area contributed by atoms with Gasteiger partial charge in [-0.3, -0.25) is 4.79 Å². The normalized spacial score (nSPS) is 10.2. The minimum atomic E-state index is -0.863. The topological polar surface area (TPSA) is 71.5 Å². The third-order valence-electron chi connectivity index (χ3n) is 2.71. The Morgan fingerprint density at radius 1 is 1.50 bits per heavy atom. The van der Waals surface area contributed by atoms with Crippen molar-refractivity contribution in [3.63, 3.8) is 0 Å². The number of carboxylic acids is 1. The fraction of sp³-hybridized carbons (Fsp3) is 0.286. The standard InChI is InChI=1S/C14H16N2O3S/c1-19-12-4-2-3-10(7-12)5-6-15-14-16-11(9-20-14)8-13(17)18/h2-4,7,9H,5-6,8H2,1H3,(H,15,16)(H,17,18). The van der Waals surface area contributed by atoms with Gasteiger partial charge >= 0.3 is 5.97 Å². The van der Waals surface area contributed by atoms with Crippen molar-refractivity contribution in [1.82, 2.24) is 4.98 Å². The number of benzene rings is 1. The molecule has 20 heavy (non-hydrogen) atoms. The van der Waals surface area contributed by atoms with Crippen molar-refractivity contribution < 1.29 is 14.6 Å². The van der Waals surface area contributed by atoms with E-state index in [2.05, 4.69) is 10.3 Å². The summed E-state index contributed by atoms with van der Waals surface area (Å²) in [7, 11) is 1.65. The summed E-state index contributed by atoms with van der Waals surface area (Å²) in [6, 6.07) is 7.92. The lowest BCUT2D eigenvalue weighted by Gasteiger charge is -2.05. The molecule has 0 fully saturated rings. The monoisotopic (exact) mass is 292 g/mol. The molecule has 0 bridgehead atoms. The number of hydrogen-bond donors (Lipinski definition) is 2. The molecule has 6 heteroatoms. The summed E-state index contributed by atoms with van der Waals surface area (Å²) in [5.41, 5.74) is 1.77. The van der Waals surface area contributed by atoms with Gasteiger partial charge in [0.15, 0.2) is 5.13 Å². The molecule has 0 aliphatic carbocycles. The quantitative estimate of drug-likeness (QED) is 0.820. The smallest absolute Gasteiger partial charge is 0.309 e. The van der Waals surface area contributed by atoms with Gasteiger partial charge in [-0.05, 0) is 24.1 Å². The summed E-state index contributed by atoms with van der Waals surface area (Å²) in [6.45, 7) is 0.743. The zero-order chi connectivity index (χ0) is 14.4. The van der Waals surface area contributed by atoms with E-state index >= 15 is 0 Å². The summed E-state index contributed by atoms with van der Waals surface area (Å²) in [4.78, 5) is 14.8. The highest BCUT2D eigenvalue weighted by Gasteiger charge is 2.05. The molecule has 106 valence electrons. The van der Waals surface area contributed by atoms with Crippen molar-refractivity contribution >= 4 is 22.4 Å². The van der Waals surface area contributed by atoms with Gasteiger partial charge in [0.2, 0.25) is 0 Å². The van der Waals surface area contributed by atoms with Crippen LogP contribution < -0.4 is 10.1 Å². The van der Waals surface area contributed by atoms with Crippen LogP contribution >= 0.6 is 11.3 Å². The highest BCUT2D eigenvalue weighted by atomic mass is 32.1. The molecule has 0 amide bonds. The fourth-order valence-electron chi connectivity index (χ4n) is 1.77. The van der Waals surface area contributed by atoms with Gasteiger partial charge in [-0.1, -0.05) is 12.1 Å². The van der Waals surface area contributed by atoms with Gasteiger partial charge in [0.25, 0.3) is 0 Å². The maximum Gasteiger partial charge on any atom is 0.309 e. The predicted octanol–water partition coefficient (Wildman–Crippen LogP) is 2.43. The Morgan fingerprint density at radius 2 is 2.35 bits per heavy atom. The Kier molecular flexibility index (Phi) is 4.95. The molecule has 0 aliphatic rings. The molecule has 2 aromatic rings. The number of carboxylic acid groups (broad SMARTS) is 1. The van der Waals surface area contributed by atoms with Crippen molar-refractivity contribution in [2.45, 2.75) is 12.8 Å². The predicted molar refractivity (Wildman–Crippen MR) is 78.6 cm³/mol. The van der Waals surface area contributed by atoms with Crippen LogP contribution in [0.1, 0.15) is 11.3 Å². The molecule has 2 rings (SSSR count). The van der Waals surface area contributed by atoms with Gasteiger partial charge in [0.05, 0.1) is 19.2 Å². The number of methoxy groups -OCH3 is 1. The first-order chi connectivity index (χ1) is 9.67. The summed E-state index contributed by atoms with van der Waals surface area (Å²) in [5.74, 6) is -0.0151. The van der Waals surface area contributed by atoms with Gasteiger partial charge in [-0.25, -0.2) is 4.98 Å². The van der Waals surface area contributed by atoms with E-state index in [1.165, 1.54) is 16.9 Å². The summed E-state index contributed by atoms with van der Waals surface area (Å²) >= 11 is 1.42. The molecule has 5 nitrogen and oxygen atoms in total. The first-order valence-corrected chi connectivity index (χ1v) is 7.08. The molecule has 1 aromatic carbocycles. The molecule has 0 aliphatic heterocycles. The van der Waals surface area contributed by atoms with Crippen LogP contribution in [0.5, 0.6) is 5.75 Å². The average Bonchev–Trinajstić information content (AvgIpc) is 2.86. The van der Waals surface area contributed by atoms with Crippen LogP contribution in [0.15, 0.2) is 29.6 Å². The summed E-state index contributed by atoms with van der Waals surface area (Å²) in [6.07, 6.45) is 0.819. The van der Waals surface area contributed by atoms with E-state index in [0.717, 1.165) is 23.8 Å². The second-order valence-corrected chi connectivity index (χ2v) is 5.10. The minimum absolute atomic E-state index is 0.0337. The minimum Gasteiger partial charge on any atom is -0.497 e. The van der Waals surface area contributed by atoms with Crippen LogP contribution in [0.4, 0.5) is 5.13 Å². The van der Waals surface area contributed by atoms with Crippen LogP contribution in [-0.4, -0.2) is 29.7 Å². The van der Waals surface area contributed by atoms with Gasteiger partial charge < -0.3 is 15.2 Å². The number of nitrogens with zero attached hydrogens (tertiary/aromatic N) is 1. The SMILES string of the molecule is COc1cccc(CCNc2nc(CC(=O)O)cs2)c1. The van der Waals surface area contributed by atoms with Crippen molar-refractivity contribution in [3.05, 3.63) is 40.9 Å². The maximum absolute atomic E-state index is 10.6. The maximum atomic E-state index is 10.6. The Morgan fingerprint density at radius 3 is 3.10 bits per heavy atom. The summed E-state index contributed by atoms with van der Waals surface area (Å²) < 4.78 is 5.17. The van der Waals surface area contributed by atoms with Crippen molar-refractivity contribution in [3.8, 4) is 5.75 Å². The van der Waals surface area contributed by atoms with Gasteiger partial charge in [0.1, 0.15) is 5.75 Å². The number of aliphatic carboxylic acids is 1. The fourth-order valence-corrected chi connectivity index (χ4v) is 2.51. The molecule has 0 radical (unpaired) electrons. The summed E-state index contributed by atoms with van der Waals surface area (Å²) in [5, 5.41) is 14.4.